The number of amides is 1. The minimum Gasteiger partial charge on any atom is -0.326 e. The SMILES string of the molecule is CCCCc1ccc(NC(=O)Cc2ccccc2)cc1. The highest BCUT2D eigenvalue weighted by Gasteiger charge is 2.03. The first kappa shape index (κ1) is 14.3. The normalized spacial score (nSPS) is 10.2. The molecule has 0 unspecified atom stereocenters. The van der Waals surface area contributed by atoms with Crippen LogP contribution in [0.1, 0.15) is 30.9 Å². The lowest BCUT2D eigenvalue weighted by molar-refractivity contribution is -0.115. The molecule has 0 saturated carbocycles. The topological polar surface area (TPSA) is 29.1 Å². The molecule has 0 heterocycles. The minimum absolute atomic E-state index is 0.0255. The van der Waals surface area contributed by atoms with Gasteiger partial charge in [0.15, 0.2) is 0 Å². The summed E-state index contributed by atoms with van der Waals surface area (Å²) >= 11 is 0. The van der Waals surface area contributed by atoms with Crippen molar-refractivity contribution in [3.05, 3.63) is 65.7 Å². The summed E-state index contributed by atoms with van der Waals surface area (Å²) in [5.74, 6) is 0.0255. The van der Waals surface area contributed by atoms with Gasteiger partial charge in [-0.15, -0.1) is 0 Å². The van der Waals surface area contributed by atoms with Gasteiger partial charge in [-0.3, -0.25) is 4.79 Å². The average Bonchev–Trinajstić information content (AvgIpc) is 2.47. The first-order valence-electron chi connectivity index (χ1n) is 7.20. The van der Waals surface area contributed by atoms with E-state index in [2.05, 4.69) is 24.4 Å². The van der Waals surface area contributed by atoms with E-state index in [1.54, 1.807) is 0 Å². The predicted octanol–water partition coefficient (Wildman–Crippen LogP) is 4.21. The van der Waals surface area contributed by atoms with Crippen LogP contribution in [0.25, 0.3) is 0 Å². The lowest BCUT2D eigenvalue weighted by Crippen LogP contribution is -2.14. The Kier molecular flexibility index (Phi) is 5.36. The standard InChI is InChI=1S/C18H21NO/c1-2-3-7-15-10-12-17(13-11-15)19-18(20)14-16-8-5-4-6-9-16/h4-6,8-13H,2-3,7,14H2,1H3,(H,19,20). The summed E-state index contributed by atoms with van der Waals surface area (Å²) < 4.78 is 0. The molecule has 2 aromatic carbocycles. The van der Waals surface area contributed by atoms with Crippen LogP contribution in [0.4, 0.5) is 5.69 Å². The summed E-state index contributed by atoms with van der Waals surface area (Å²) in [6.45, 7) is 2.19. The number of hydrogen-bond donors (Lipinski definition) is 1. The maximum Gasteiger partial charge on any atom is 0.228 e. The number of aryl methyl sites for hydroxylation is 1. The monoisotopic (exact) mass is 267 g/mol. The van der Waals surface area contributed by atoms with Crippen molar-refractivity contribution < 1.29 is 4.79 Å². The Morgan fingerprint density at radius 2 is 1.65 bits per heavy atom. The van der Waals surface area contributed by atoms with E-state index in [-0.39, 0.29) is 5.91 Å². The summed E-state index contributed by atoms with van der Waals surface area (Å²) in [4.78, 5) is 11.9. The van der Waals surface area contributed by atoms with Crippen LogP contribution in [0.5, 0.6) is 0 Å². The van der Waals surface area contributed by atoms with Crippen molar-refractivity contribution in [1.29, 1.82) is 0 Å². The third-order valence-electron chi connectivity index (χ3n) is 3.26. The summed E-state index contributed by atoms with van der Waals surface area (Å²) in [6, 6.07) is 17.9. The molecule has 0 aliphatic heterocycles. The van der Waals surface area contributed by atoms with Crippen molar-refractivity contribution >= 4 is 11.6 Å². The van der Waals surface area contributed by atoms with Gasteiger partial charge in [-0.2, -0.15) is 0 Å². The first-order valence-corrected chi connectivity index (χ1v) is 7.20. The molecular weight excluding hydrogens is 246 g/mol. The zero-order valence-electron chi connectivity index (χ0n) is 11.9. The highest BCUT2D eigenvalue weighted by atomic mass is 16.1. The molecule has 1 amide bonds. The van der Waals surface area contributed by atoms with E-state index in [4.69, 9.17) is 0 Å². The molecule has 104 valence electrons. The zero-order valence-corrected chi connectivity index (χ0v) is 11.9. The molecule has 2 nitrogen and oxygen atoms in total. The fourth-order valence-electron chi connectivity index (χ4n) is 2.12. The van der Waals surface area contributed by atoms with Gasteiger partial charge < -0.3 is 5.32 Å². The van der Waals surface area contributed by atoms with Gasteiger partial charge in [0.1, 0.15) is 0 Å². The number of carbonyl (C=O) groups is 1. The van der Waals surface area contributed by atoms with E-state index in [9.17, 15) is 4.79 Å². The zero-order chi connectivity index (χ0) is 14.2. The number of carbonyl (C=O) groups excluding carboxylic acids is 1. The third kappa shape index (κ3) is 4.54. The Morgan fingerprint density at radius 3 is 2.30 bits per heavy atom. The summed E-state index contributed by atoms with van der Waals surface area (Å²) in [6.07, 6.45) is 3.93. The van der Waals surface area contributed by atoms with Crippen LogP contribution in [-0.2, 0) is 17.6 Å². The fraction of sp³-hybridized carbons (Fsp3) is 0.278. The van der Waals surface area contributed by atoms with E-state index < -0.39 is 0 Å². The maximum absolute atomic E-state index is 11.9. The van der Waals surface area contributed by atoms with Crippen LogP contribution < -0.4 is 5.32 Å². The van der Waals surface area contributed by atoms with E-state index >= 15 is 0 Å². The maximum atomic E-state index is 11.9. The van der Waals surface area contributed by atoms with E-state index in [1.165, 1.54) is 18.4 Å². The molecule has 2 aromatic rings. The molecular formula is C18H21NO. The van der Waals surface area contributed by atoms with Gasteiger partial charge in [-0.1, -0.05) is 55.8 Å². The van der Waals surface area contributed by atoms with E-state index in [0.29, 0.717) is 6.42 Å². The molecule has 2 heteroatoms. The molecule has 0 aliphatic carbocycles. The second-order valence-corrected chi connectivity index (χ2v) is 5.01. The number of hydrogen-bond acceptors (Lipinski definition) is 1. The molecule has 0 fully saturated rings. The van der Waals surface area contributed by atoms with Crippen LogP contribution in [0.2, 0.25) is 0 Å². The lowest BCUT2D eigenvalue weighted by Gasteiger charge is -2.06. The van der Waals surface area contributed by atoms with Gasteiger partial charge in [0.25, 0.3) is 0 Å². The number of benzene rings is 2. The van der Waals surface area contributed by atoms with Gasteiger partial charge >= 0.3 is 0 Å². The number of nitrogens with one attached hydrogen (secondary N) is 1. The van der Waals surface area contributed by atoms with Crippen molar-refractivity contribution in [3.8, 4) is 0 Å². The number of anilines is 1. The van der Waals surface area contributed by atoms with Gasteiger partial charge in [0.05, 0.1) is 6.42 Å². The summed E-state index contributed by atoms with van der Waals surface area (Å²) in [5.41, 5.74) is 3.23. The largest absolute Gasteiger partial charge is 0.326 e. The summed E-state index contributed by atoms with van der Waals surface area (Å²) in [7, 11) is 0. The van der Waals surface area contributed by atoms with Crippen LogP contribution in [0.15, 0.2) is 54.6 Å². The molecule has 0 saturated heterocycles. The molecule has 0 bridgehead atoms. The highest BCUT2D eigenvalue weighted by Crippen LogP contribution is 2.12. The second kappa shape index (κ2) is 7.49. The van der Waals surface area contributed by atoms with Crippen molar-refractivity contribution in [2.24, 2.45) is 0 Å². The minimum atomic E-state index is 0.0255. The van der Waals surface area contributed by atoms with Gasteiger partial charge in [0.2, 0.25) is 5.91 Å². The lowest BCUT2D eigenvalue weighted by atomic mass is 10.1. The van der Waals surface area contributed by atoms with Crippen LogP contribution in [-0.4, -0.2) is 5.91 Å². The van der Waals surface area contributed by atoms with E-state index in [1.807, 2.05) is 42.5 Å². The van der Waals surface area contributed by atoms with Crippen LogP contribution >= 0.6 is 0 Å². The Morgan fingerprint density at radius 1 is 0.950 bits per heavy atom. The van der Waals surface area contributed by atoms with Gasteiger partial charge in [-0.25, -0.2) is 0 Å². The van der Waals surface area contributed by atoms with Crippen molar-refractivity contribution in [2.75, 3.05) is 5.32 Å². The van der Waals surface area contributed by atoms with Crippen LogP contribution in [0.3, 0.4) is 0 Å². The van der Waals surface area contributed by atoms with Crippen molar-refractivity contribution in [2.45, 2.75) is 32.6 Å². The molecule has 0 radical (unpaired) electrons. The van der Waals surface area contributed by atoms with Crippen molar-refractivity contribution in [3.63, 3.8) is 0 Å². The molecule has 0 spiro atoms. The molecule has 20 heavy (non-hydrogen) atoms. The predicted molar refractivity (Wildman–Crippen MR) is 83.8 cm³/mol. The highest BCUT2D eigenvalue weighted by molar-refractivity contribution is 5.92. The average molecular weight is 267 g/mol. The molecule has 0 aliphatic rings. The Hall–Kier alpha value is -2.09. The summed E-state index contributed by atoms with van der Waals surface area (Å²) in [5, 5.41) is 2.93. The number of unbranched alkanes of at least 4 members (excludes halogenated alkanes) is 1. The quantitative estimate of drug-likeness (QED) is 0.834. The number of rotatable bonds is 6. The molecule has 0 atom stereocenters. The Labute approximate surface area is 120 Å². The Bertz CT molecular complexity index is 531. The van der Waals surface area contributed by atoms with Crippen molar-refractivity contribution in [1.82, 2.24) is 0 Å². The molecule has 2 rings (SSSR count). The fourth-order valence-corrected chi connectivity index (χ4v) is 2.12. The first-order chi connectivity index (χ1) is 9.78. The van der Waals surface area contributed by atoms with Crippen LogP contribution in [0, 0.1) is 0 Å². The van der Waals surface area contributed by atoms with Gasteiger partial charge in [0, 0.05) is 5.69 Å². The smallest absolute Gasteiger partial charge is 0.228 e. The molecule has 0 aromatic heterocycles. The third-order valence-corrected chi connectivity index (χ3v) is 3.26. The van der Waals surface area contributed by atoms with Gasteiger partial charge in [-0.05, 0) is 36.1 Å². The Balaban J connectivity index is 1.88. The molecule has 1 N–H and O–H groups in total. The second-order valence-electron chi connectivity index (χ2n) is 5.01. The van der Waals surface area contributed by atoms with E-state index in [0.717, 1.165) is 17.7 Å².